The summed E-state index contributed by atoms with van der Waals surface area (Å²) >= 11 is 0. The van der Waals surface area contributed by atoms with E-state index in [-0.39, 0.29) is 5.78 Å². The molecule has 0 saturated heterocycles. The number of benzene rings is 1. The lowest BCUT2D eigenvalue weighted by molar-refractivity contribution is 0.0968. The molecule has 1 aromatic carbocycles. The first kappa shape index (κ1) is 8.97. The third-order valence-corrected chi connectivity index (χ3v) is 2.15. The molecule has 0 aliphatic rings. The van der Waals surface area contributed by atoms with Crippen molar-refractivity contribution in [3.8, 4) is 0 Å². The van der Waals surface area contributed by atoms with Crippen LogP contribution in [0.2, 0.25) is 0 Å². The summed E-state index contributed by atoms with van der Waals surface area (Å²) in [7, 11) is 0. The van der Waals surface area contributed by atoms with Gasteiger partial charge in [-0.3, -0.25) is 4.79 Å². The number of rotatable bonds is 2. The summed E-state index contributed by atoms with van der Waals surface area (Å²) < 4.78 is 5.17. The highest BCUT2D eigenvalue weighted by atomic mass is 16.3. The number of Topliss-reactive ketones (excluding diaryl/α,β-unsaturated/α-hetero) is 1. The van der Waals surface area contributed by atoms with Crippen molar-refractivity contribution < 1.29 is 9.21 Å². The first-order chi connectivity index (χ1) is 6.68. The minimum absolute atomic E-state index is 0.0481. The molecule has 1 unspecified atom stereocenters. The second-order valence-electron chi connectivity index (χ2n) is 3.33. The van der Waals surface area contributed by atoms with E-state index in [0.29, 0.717) is 5.56 Å². The van der Waals surface area contributed by atoms with Crippen LogP contribution in [0.4, 0.5) is 0 Å². The molecule has 2 rings (SSSR count). The molecule has 3 nitrogen and oxygen atoms in total. The second kappa shape index (κ2) is 3.27. The van der Waals surface area contributed by atoms with Crippen molar-refractivity contribution in [3.63, 3.8) is 0 Å². The molecule has 1 atom stereocenters. The van der Waals surface area contributed by atoms with Crippen LogP contribution >= 0.6 is 0 Å². The average molecular weight is 189 g/mol. The molecular weight excluding hydrogens is 178 g/mol. The van der Waals surface area contributed by atoms with Gasteiger partial charge in [0.2, 0.25) is 0 Å². The first-order valence-electron chi connectivity index (χ1n) is 4.45. The second-order valence-corrected chi connectivity index (χ2v) is 3.33. The Hall–Kier alpha value is -1.61. The number of furan rings is 1. The quantitative estimate of drug-likeness (QED) is 0.735. The van der Waals surface area contributed by atoms with Crippen LogP contribution < -0.4 is 5.73 Å². The van der Waals surface area contributed by atoms with Gasteiger partial charge in [0.25, 0.3) is 0 Å². The molecule has 3 heteroatoms. The molecule has 0 spiro atoms. The number of nitrogens with two attached hydrogens (primary N) is 1. The summed E-state index contributed by atoms with van der Waals surface area (Å²) in [5, 5.41) is 0.927. The van der Waals surface area contributed by atoms with Crippen LogP contribution in [0.5, 0.6) is 0 Å². The number of carbonyl (C=O) groups excluding carboxylic acids is 1. The Morgan fingerprint density at radius 2 is 2.21 bits per heavy atom. The number of fused-ring (bicyclic) bond motifs is 1. The molecule has 1 aromatic heterocycles. The Bertz CT molecular complexity index is 471. The van der Waals surface area contributed by atoms with Crippen LogP contribution in [0.3, 0.4) is 0 Å². The number of hydrogen-bond donors (Lipinski definition) is 1. The van der Waals surface area contributed by atoms with Gasteiger partial charge in [-0.1, -0.05) is 0 Å². The normalized spacial score (nSPS) is 13.0. The van der Waals surface area contributed by atoms with E-state index in [0.717, 1.165) is 11.0 Å². The largest absolute Gasteiger partial charge is 0.464 e. The summed E-state index contributed by atoms with van der Waals surface area (Å²) in [4.78, 5) is 11.6. The van der Waals surface area contributed by atoms with E-state index in [4.69, 9.17) is 10.2 Å². The van der Waals surface area contributed by atoms with Crippen LogP contribution in [0.1, 0.15) is 17.3 Å². The van der Waals surface area contributed by atoms with Gasteiger partial charge >= 0.3 is 0 Å². The molecule has 1 heterocycles. The lowest BCUT2D eigenvalue weighted by Crippen LogP contribution is -2.26. The lowest BCUT2D eigenvalue weighted by atomic mass is 10.0. The Kier molecular flexibility index (Phi) is 2.09. The molecule has 0 saturated carbocycles. The van der Waals surface area contributed by atoms with Crippen LogP contribution in [0.15, 0.2) is 34.9 Å². The van der Waals surface area contributed by atoms with Gasteiger partial charge in [0.15, 0.2) is 5.78 Å². The average Bonchev–Trinajstić information content (AvgIpc) is 2.62. The van der Waals surface area contributed by atoms with Crippen molar-refractivity contribution in [3.05, 3.63) is 36.1 Å². The predicted octanol–water partition coefficient (Wildman–Crippen LogP) is 1.96. The van der Waals surface area contributed by atoms with Gasteiger partial charge in [-0.25, -0.2) is 0 Å². The van der Waals surface area contributed by atoms with E-state index in [1.54, 1.807) is 31.4 Å². The van der Waals surface area contributed by atoms with E-state index >= 15 is 0 Å². The van der Waals surface area contributed by atoms with Gasteiger partial charge < -0.3 is 10.2 Å². The van der Waals surface area contributed by atoms with Gasteiger partial charge in [0.1, 0.15) is 5.58 Å². The van der Waals surface area contributed by atoms with Crippen molar-refractivity contribution in [1.29, 1.82) is 0 Å². The molecule has 2 N–H and O–H groups in total. The Morgan fingerprint density at radius 3 is 2.93 bits per heavy atom. The van der Waals surface area contributed by atoms with Gasteiger partial charge in [-0.2, -0.15) is 0 Å². The van der Waals surface area contributed by atoms with E-state index in [9.17, 15) is 4.79 Å². The van der Waals surface area contributed by atoms with Crippen molar-refractivity contribution in [2.75, 3.05) is 0 Å². The molecular formula is C11H11NO2. The maximum atomic E-state index is 11.6. The summed E-state index contributed by atoms with van der Waals surface area (Å²) in [5.74, 6) is -0.0481. The molecule has 0 aliphatic heterocycles. The fourth-order valence-corrected chi connectivity index (χ4v) is 1.38. The monoisotopic (exact) mass is 189 g/mol. The molecule has 72 valence electrons. The number of hydrogen-bond acceptors (Lipinski definition) is 3. The van der Waals surface area contributed by atoms with Gasteiger partial charge in [0.05, 0.1) is 12.3 Å². The minimum Gasteiger partial charge on any atom is -0.464 e. The highest BCUT2D eigenvalue weighted by Gasteiger charge is 2.11. The van der Waals surface area contributed by atoms with E-state index < -0.39 is 6.04 Å². The van der Waals surface area contributed by atoms with Crippen LogP contribution in [0, 0.1) is 0 Å². The zero-order valence-electron chi connectivity index (χ0n) is 7.86. The Labute approximate surface area is 81.5 Å². The van der Waals surface area contributed by atoms with E-state index in [2.05, 4.69) is 0 Å². The zero-order chi connectivity index (χ0) is 10.1. The van der Waals surface area contributed by atoms with Crippen LogP contribution in [0.25, 0.3) is 11.0 Å². The SMILES string of the molecule is CC(N)C(=O)c1ccc2occc2c1. The first-order valence-corrected chi connectivity index (χ1v) is 4.45. The van der Waals surface area contributed by atoms with E-state index in [1.165, 1.54) is 0 Å². The topological polar surface area (TPSA) is 56.2 Å². The summed E-state index contributed by atoms with van der Waals surface area (Å²) in [5.41, 5.74) is 6.93. The van der Waals surface area contributed by atoms with Gasteiger partial charge in [0, 0.05) is 10.9 Å². The minimum atomic E-state index is -0.459. The summed E-state index contributed by atoms with van der Waals surface area (Å²) in [6, 6.07) is 6.68. The summed E-state index contributed by atoms with van der Waals surface area (Å²) in [6.07, 6.45) is 1.60. The third-order valence-electron chi connectivity index (χ3n) is 2.15. The maximum Gasteiger partial charge on any atom is 0.179 e. The standard InChI is InChI=1S/C11H11NO2/c1-7(12)11(13)9-2-3-10-8(6-9)4-5-14-10/h2-7H,12H2,1H3. The molecule has 0 aliphatic carbocycles. The molecule has 0 amide bonds. The molecule has 0 radical (unpaired) electrons. The zero-order valence-corrected chi connectivity index (χ0v) is 7.86. The Morgan fingerprint density at radius 1 is 1.43 bits per heavy atom. The number of carbonyl (C=O) groups is 1. The highest BCUT2D eigenvalue weighted by Crippen LogP contribution is 2.17. The van der Waals surface area contributed by atoms with Crippen LogP contribution in [-0.2, 0) is 0 Å². The van der Waals surface area contributed by atoms with Crippen LogP contribution in [-0.4, -0.2) is 11.8 Å². The van der Waals surface area contributed by atoms with Crippen molar-refractivity contribution >= 4 is 16.8 Å². The maximum absolute atomic E-state index is 11.6. The molecule has 0 fully saturated rings. The smallest absolute Gasteiger partial charge is 0.179 e. The molecule has 14 heavy (non-hydrogen) atoms. The highest BCUT2D eigenvalue weighted by molar-refractivity contribution is 6.02. The lowest BCUT2D eigenvalue weighted by Gasteiger charge is -2.03. The van der Waals surface area contributed by atoms with Gasteiger partial charge in [-0.15, -0.1) is 0 Å². The fourth-order valence-electron chi connectivity index (χ4n) is 1.38. The van der Waals surface area contributed by atoms with Crippen molar-refractivity contribution in [2.45, 2.75) is 13.0 Å². The predicted molar refractivity (Wildman–Crippen MR) is 54.2 cm³/mol. The Balaban J connectivity index is 2.48. The third kappa shape index (κ3) is 1.42. The summed E-state index contributed by atoms with van der Waals surface area (Å²) in [6.45, 7) is 1.68. The van der Waals surface area contributed by atoms with Crippen molar-refractivity contribution in [2.24, 2.45) is 5.73 Å². The fraction of sp³-hybridized carbons (Fsp3) is 0.182. The van der Waals surface area contributed by atoms with Gasteiger partial charge in [-0.05, 0) is 31.2 Å². The molecule has 2 aromatic rings. The number of ketones is 1. The van der Waals surface area contributed by atoms with Crippen molar-refractivity contribution in [1.82, 2.24) is 0 Å². The molecule has 0 bridgehead atoms. The van der Waals surface area contributed by atoms with E-state index in [1.807, 2.05) is 6.07 Å².